The average molecular weight is 128 g/mol. The van der Waals surface area contributed by atoms with Gasteiger partial charge < -0.3 is 5.73 Å². The largest absolute Gasteiger partial charge is 0.389 e. The van der Waals surface area contributed by atoms with Crippen LogP contribution < -0.4 is 5.73 Å². The highest BCUT2D eigenvalue weighted by atomic mass is 32.1. The molecule has 1 rings (SSSR count). The Morgan fingerprint density at radius 1 is 1.50 bits per heavy atom. The number of aromatic nitrogens is 1. The molecule has 0 aliphatic rings. The molecule has 0 aliphatic carbocycles. The summed E-state index contributed by atoms with van der Waals surface area (Å²) in [7, 11) is 0. The van der Waals surface area contributed by atoms with Gasteiger partial charge in [-0.2, -0.15) is 0 Å². The first-order valence-corrected chi connectivity index (χ1v) is 3.21. The highest BCUT2D eigenvalue weighted by Crippen LogP contribution is 2.17. The normalized spacial score (nSPS) is 9.75. The molecule has 2 N–H and O–H groups in total. The zero-order valence-electron chi connectivity index (χ0n) is 4.93. The summed E-state index contributed by atoms with van der Waals surface area (Å²) in [5, 5.41) is 1.88. The van der Waals surface area contributed by atoms with Crippen LogP contribution in [0, 0.1) is 13.8 Å². The lowest BCUT2D eigenvalue weighted by atomic mass is 10.5. The first-order chi connectivity index (χ1) is 3.70. The highest BCUT2D eigenvalue weighted by molar-refractivity contribution is 7.15. The lowest BCUT2D eigenvalue weighted by Crippen LogP contribution is -1.81. The van der Waals surface area contributed by atoms with Crippen molar-refractivity contribution in [2.24, 2.45) is 0 Å². The maximum absolute atomic E-state index is 5.50. The number of nitrogen functional groups attached to an aromatic ring is 1. The van der Waals surface area contributed by atoms with Crippen LogP contribution >= 0.6 is 11.3 Å². The number of aryl methyl sites for hydroxylation is 2. The van der Waals surface area contributed by atoms with E-state index >= 15 is 0 Å². The van der Waals surface area contributed by atoms with Gasteiger partial charge in [0, 0.05) is 0 Å². The Balaban J connectivity index is 3.14. The monoisotopic (exact) mass is 128 g/mol. The minimum atomic E-state index is 0.836. The molecule has 0 aliphatic heterocycles. The van der Waals surface area contributed by atoms with Crippen molar-refractivity contribution in [3.8, 4) is 0 Å². The molecule has 0 atom stereocenters. The molecule has 0 radical (unpaired) electrons. The Hall–Kier alpha value is -0.570. The van der Waals surface area contributed by atoms with Gasteiger partial charge in [0.05, 0.1) is 10.7 Å². The van der Waals surface area contributed by atoms with Gasteiger partial charge in [0.2, 0.25) is 0 Å². The molecular formula is C5H8N2S. The fourth-order valence-electron chi connectivity index (χ4n) is 0.547. The smallest absolute Gasteiger partial charge is 0.109 e. The van der Waals surface area contributed by atoms with Crippen molar-refractivity contribution in [1.82, 2.24) is 4.98 Å². The van der Waals surface area contributed by atoms with Crippen molar-refractivity contribution in [3.63, 3.8) is 0 Å². The van der Waals surface area contributed by atoms with Crippen LogP contribution in [0.1, 0.15) is 10.7 Å². The van der Waals surface area contributed by atoms with Gasteiger partial charge in [-0.3, -0.25) is 0 Å². The molecule has 0 bridgehead atoms. The molecule has 0 fully saturated rings. The van der Waals surface area contributed by atoms with Gasteiger partial charge in [-0.15, -0.1) is 11.3 Å². The molecule has 2 nitrogen and oxygen atoms in total. The minimum absolute atomic E-state index is 0.836. The van der Waals surface area contributed by atoms with Crippen molar-refractivity contribution < 1.29 is 0 Å². The van der Waals surface area contributed by atoms with Gasteiger partial charge in [-0.1, -0.05) is 0 Å². The Morgan fingerprint density at radius 3 is 2.25 bits per heavy atom. The average Bonchev–Trinajstić information content (AvgIpc) is 1.85. The van der Waals surface area contributed by atoms with E-state index in [0.717, 1.165) is 15.7 Å². The van der Waals surface area contributed by atoms with E-state index in [1.54, 1.807) is 0 Å². The summed E-state index contributed by atoms with van der Waals surface area (Å²) >= 11 is 1.54. The zero-order chi connectivity index (χ0) is 6.15. The van der Waals surface area contributed by atoms with Crippen LogP contribution in [-0.4, -0.2) is 4.98 Å². The molecular weight excluding hydrogens is 120 g/mol. The van der Waals surface area contributed by atoms with Crippen molar-refractivity contribution in [3.05, 3.63) is 10.7 Å². The molecule has 1 aromatic rings. The maximum Gasteiger partial charge on any atom is 0.109 e. The van der Waals surface area contributed by atoms with E-state index in [-0.39, 0.29) is 0 Å². The Labute approximate surface area is 52.4 Å². The molecule has 8 heavy (non-hydrogen) atoms. The van der Waals surface area contributed by atoms with E-state index in [4.69, 9.17) is 5.73 Å². The van der Waals surface area contributed by atoms with Gasteiger partial charge in [-0.05, 0) is 13.8 Å². The molecule has 1 heterocycles. The summed E-state index contributed by atoms with van der Waals surface area (Å²) in [6.45, 7) is 3.87. The lowest BCUT2D eigenvalue weighted by molar-refractivity contribution is 1.20. The maximum atomic E-state index is 5.50. The van der Waals surface area contributed by atoms with E-state index in [2.05, 4.69) is 4.98 Å². The summed E-state index contributed by atoms with van der Waals surface area (Å²) in [6, 6.07) is 0. The zero-order valence-corrected chi connectivity index (χ0v) is 5.75. The molecule has 3 heteroatoms. The topological polar surface area (TPSA) is 38.9 Å². The first kappa shape index (κ1) is 5.56. The van der Waals surface area contributed by atoms with Crippen molar-refractivity contribution in [2.45, 2.75) is 13.8 Å². The summed E-state index contributed by atoms with van der Waals surface area (Å²) in [4.78, 5) is 4.10. The predicted octanol–water partition coefficient (Wildman–Crippen LogP) is 1.34. The first-order valence-electron chi connectivity index (χ1n) is 2.39. The standard InChI is InChI=1S/C5H8N2S/c1-3-5(6)8-4(2)7-3/h6H2,1-2H3. The van der Waals surface area contributed by atoms with Gasteiger partial charge in [0.1, 0.15) is 5.00 Å². The third-order valence-corrected chi connectivity index (χ3v) is 1.84. The van der Waals surface area contributed by atoms with Gasteiger partial charge in [0.25, 0.3) is 0 Å². The molecule has 0 saturated heterocycles. The second-order valence-corrected chi connectivity index (χ2v) is 2.92. The summed E-state index contributed by atoms with van der Waals surface area (Å²) in [5.74, 6) is 0. The second kappa shape index (κ2) is 1.74. The molecule has 0 aromatic carbocycles. The van der Waals surface area contributed by atoms with Crippen LogP contribution in [0.5, 0.6) is 0 Å². The third-order valence-electron chi connectivity index (χ3n) is 0.939. The van der Waals surface area contributed by atoms with Crippen molar-refractivity contribution >= 4 is 16.3 Å². The predicted molar refractivity (Wildman–Crippen MR) is 36.0 cm³/mol. The molecule has 44 valence electrons. The third kappa shape index (κ3) is 0.816. The highest BCUT2D eigenvalue weighted by Gasteiger charge is 1.96. The fraction of sp³-hybridized carbons (Fsp3) is 0.400. The molecule has 1 aromatic heterocycles. The van der Waals surface area contributed by atoms with E-state index in [0.29, 0.717) is 0 Å². The van der Waals surface area contributed by atoms with E-state index in [9.17, 15) is 0 Å². The van der Waals surface area contributed by atoms with Crippen LogP contribution in [0.3, 0.4) is 0 Å². The summed E-state index contributed by atoms with van der Waals surface area (Å²) in [5.41, 5.74) is 6.45. The SMILES string of the molecule is Cc1nc(C)c(N)s1. The van der Waals surface area contributed by atoms with Crippen molar-refractivity contribution in [2.75, 3.05) is 5.73 Å². The Morgan fingerprint density at radius 2 is 2.12 bits per heavy atom. The number of hydrogen-bond acceptors (Lipinski definition) is 3. The molecule has 0 saturated carbocycles. The Kier molecular flexibility index (Phi) is 1.21. The van der Waals surface area contributed by atoms with E-state index in [1.165, 1.54) is 11.3 Å². The summed E-state index contributed by atoms with van der Waals surface area (Å²) in [6.07, 6.45) is 0. The number of hydrogen-bond donors (Lipinski definition) is 1. The number of anilines is 1. The van der Waals surface area contributed by atoms with Crippen LogP contribution in [0.4, 0.5) is 5.00 Å². The number of rotatable bonds is 0. The van der Waals surface area contributed by atoms with Crippen LogP contribution in [0.2, 0.25) is 0 Å². The lowest BCUT2D eigenvalue weighted by Gasteiger charge is -1.78. The fourth-order valence-corrected chi connectivity index (χ4v) is 1.24. The van der Waals surface area contributed by atoms with Gasteiger partial charge >= 0.3 is 0 Å². The minimum Gasteiger partial charge on any atom is -0.389 e. The van der Waals surface area contributed by atoms with Crippen molar-refractivity contribution in [1.29, 1.82) is 0 Å². The van der Waals surface area contributed by atoms with E-state index < -0.39 is 0 Å². The van der Waals surface area contributed by atoms with Crippen LogP contribution in [0.25, 0.3) is 0 Å². The quantitative estimate of drug-likeness (QED) is 0.572. The van der Waals surface area contributed by atoms with Crippen LogP contribution in [0.15, 0.2) is 0 Å². The molecule has 0 spiro atoms. The van der Waals surface area contributed by atoms with Gasteiger partial charge in [-0.25, -0.2) is 4.98 Å². The number of nitrogens with zero attached hydrogens (tertiary/aromatic N) is 1. The molecule has 0 amide bonds. The van der Waals surface area contributed by atoms with Crippen LogP contribution in [-0.2, 0) is 0 Å². The number of nitrogens with two attached hydrogens (primary N) is 1. The van der Waals surface area contributed by atoms with Gasteiger partial charge in [0.15, 0.2) is 0 Å². The number of thiazole rings is 1. The second-order valence-electron chi connectivity index (χ2n) is 1.68. The Bertz CT molecular complexity index is 173. The molecule has 0 unspecified atom stereocenters. The van der Waals surface area contributed by atoms with E-state index in [1.807, 2.05) is 13.8 Å². The summed E-state index contributed by atoms with van der Waals surface area (Å²) < 4.78 is 0.